The zero-order valence-electron chi connectivity index (χ0n) is 23.4. The van der Waals surface area contributed by atoms with Crippen molar-refractivity contribution in [2.45, 2.75) is 19.6 Å². The first-order valence-corrected chi connectivity index (χ1v) is 13.1. The third kappa shape index (κ3) is 6.20. The van der Waals surface area contributed by atoms with Crippen molar-refractivity contribution in [1.82, 2.24) is 19.5 Å². The van der Waals surface area contributed by atoms with Crippen LogP contribution in [0.4, 0.5) is 17.6 Å². The minimum Gasteiger partial charge on any atom is -0.471 e. The predicted molar refractivity (Wildman–Crippen MR) is 149 cm³/mol. The molecule has 5 rings (SSSR count). The molecule has 0 bridgehead atoms. The van der Waals surface area contributed by atoms with Crippen molar-refractivity contribution < 1.29 is 36.6 Å². The second-order valence-electron chi connectivity index (χ2n) is 9.52. The van der Waals surface area contributed by atoms with Crippen molar-refractivity contribution in [2.24, 2.45) is 0 Å². The molecule has 0 spiro atoms. The lowest BCUT2D eigenvalue weighted by atomic mass is 10.1. The highest BCUT2D eigenvalue weighted by molar-refractivity contribution is 5.93. The van der Waals surface area contributed by atoms with Gasteiger partial charge in [-0.15, -0.1) is 0 Å². The van der Waals surface area contributed by atoms with Crippen LogP contribution in [-0.4, -0.2) is 46.3 Å². The number of halogens is 4. The minimum atomic E-state index is -0.995. The number of carbonyl (C=O) groups is 1. The van der Waals surface area contributed by atoms with Crippen molar-refractivity contribution in [1.29, 1.82) is 5.26 Å². The molecule has 0 fully saturated rings. The molecule has 2 heterocycles. The molecular weight excluding hydrogens is 582 g/mol. The van der Waals surface area contributed by atoms with Gasteiger partial charge in [0.1, 0.15) is 29.9 Å². The summed E-state index contributed by atoms with van der Waals surface area (Å²) in [4.78, 5) is 24.3. The van der Waals surface area contributed by atoms with Crippen LogP contribution < -0.4 is 4.74 Å². The summed E-state index contributed by atoms with van der Waals surface area (Å²) in [7, 11) is 2.79. The highest BCUT2D eigenvalue weighted by Crippen LogP contribution is 2.28. The van der Waals surface area contributed by atoms with Crippen molar-refractivity contribution in [3.63, 3.8) is 0 Å². The Bertz CT molecular complexity index is 1920. The zero-order valence-corrected chi connectivity index (χ0v) is 23.4. The summed E-state index contributed by atoms with van der Waals surface area (Å²) in [5.41, 5.74) is 1.18. The second-order valence-corrected chi connectivity index (χ2v) is 9.52. The molecule has 0 saturated heterocycles. The maximum absolute atomic E-state index is 15.4. The lowest BCUT2D eigenvalue weighted by molar-refractivity contribution is 0.0601. The first kappa shape index (κ1) is 30.1. The molecule has 0 amide bonds. The van der Waals surface area contributed by atoms with Gasteiger partial charge in [0.25, 0.3) is 5.88 Å². The Labute approximate surface area is 248 Å². The third-order valence-electron chi connectivity index (χ3n) is 6.75. The molecule has 0 radical (unpaired) electrons. The Balaban J connectivity index is 1.43. The maximum Gasteiger partial charge on any atom is 0.337 e. The van der Waals surface area contributed by atoms with Gasteiger partial charge in [-0.3, -0.25) is 0 Å². The monoisotopic (exact) mass is 605 g/mol. The van der Waals surface area contributed by atoms with E-state index in [1.807, 2.05) is 0 Å². The molecule has 5 aromatic rings. The first-order chi connectivity index (χ1) is 21.2. The van der Waals surface area contributed by atoms with Gasteiger partial charge >= 0.3 is 5.97 Å². The average molecular weight is 606 g/mol. The molecule has 0 aliphatic heterocycles. The number of aromatic nitrogens is 4. The Morgan fingerprint density at radius 3 is 2.45 bits per heavy atom. The van der Waals surface area contributed by atoms with Crippen LogP contribution in [-0.2, 0) is 29.0 Å². The minimum absolute atomic E-state index is 0.0247. The summed E-state index contributed by atoms with van der Waals surface area (Å²) in [6.07, 6.45) is 0.628. The van der Waals surface area contributed by atoms with E-state index in [4.69, 9.17) is 19.5 Å². The van der Waals surface area contributed by atoms with Crippen molar-refractivity contribution in [3.8, 4) is 23.3 Å². The van der Waals surface area contributed by atoms with Crippen LogP contribution in [0.3, 0.4) is 0 Å². The Morgan fingerprint density at radius 2 is 1.73 bits per heavy atom. The number of imidazole rings is 1. The normalized spacial score (nSPS) is 11.0. The van der Waals surface area contributed by atoms with E-state index in [1.165, 1.54) is 26.4 Å². The Kier molecular flexibility index (Phi) is 8.82. The quantitative estimate of drug-likeness (QED) is 0.151. The number of esters is 1. The van der Waals surface area contributed by atoms with Crippen LogP contribution in [0, 0.1) is 34.6 Å². The van der Waals surface area contributed by atoms with E-state index in [0.29, 0.717) is 35.6 Å². The molecule has 13 heteroatoms. The zero-order chi connectivity index (χ0) is 31.4. The van der Waals surface area contributed by atoms with E-state index in [9.17, 15) is 13.6 Å². The highest BCUT2D eigenvalue weighted by atomic mass is 19.1. The smallest absolute Gasteiger partial charge is 0.337 e. The van der Waals surface area contributed by atoms with E-state index in [0.717, 1.165) is 24.4 Å². The molecule has 0 atom stereocenters. The molecule has 0 aliphatic carbocycles. The van der Waals surface area contributed by atoms with Gasteiger partial charge in [-0.25, -0.2) is 27.9 Å². The van der Waals surface area contributed by atoms with Gasteiger partial charge in [-0.1, -0.05) is 6.07 Å². The summed E-state index contributed by atoms with van der Waals surface area (Å²) in [5.74, 6) is -4.49. The molecule has 0 aliphatic rings. The number of nitrogens with zero attached hydrogens (tertiary/aromatic N) is 5. The van der Waals surface area contributed by atoms with Crippen molar-refractivity contribution in [3.05, 3.63) is 106 Å². The number of hydrogen-bond donors (Lipinski definition) is 0. The first-order valence-electron chi connectivity index (χ1n) is 13.1. The number of fused-ring (bicyclic) bond motifs is 1. The van der Waals surface area contributed by atoms with Crippen LogP contribution in [0.5, 0.6) is 5.88 Å². The molecule has 0 N–H and O–H groups in total. The van der Waals surface area contributed by atoms with E-state index in [1.54, 1.807) is 28.8 Å². The van der Waals surface area contributed by atoms with E-state index < -0.39 is 41.7 Å². The van der Waals surface area contributed by atoms with Crippen LogP contribution >= 0.6 is 0 Å². The molecule has 44 heavy (non-hydrogen) atoms. The Hall–Kier alpha value is -5.35. The highest BCUT2D eigenvalue weighted by Gasteiger charge is 2.20. The van der Waals surface area contributed by atoms with Crippen molar-refractivity contribution >= 4 is 17.0 Å². The van der Waals surface area contributed by atoms with Gasteiger partial charge < -0.3 is 18.8 Å². The molecule has 0 unspecified atom stereocenters. The van der Waals surface area contributed by atoms with E-state index >= 15 is 8.78 Å². The van der Waals surface area contributed by atoms with Gasteiger partial charge in [0.05, 0.1) is 53.7 Å². The fraction of sp³-hybridized carbons (Fsp3) is 0.194. The third-order valence-corrected chi connectivity index (χ3v) is 6.75. The van der Waals surface area contributed by atoms with Gasteiger partial charge in [-0.2, -0.15) is 14.6 Å². The van der Waals surface area contributed by atoms with Crippen LogP contribution in [0.15, 0.2) is 54.7 Å². The van der Waals surface area contributed by atoms with Crippen LogP contribution in [0.1, 0.15) is 32.9 Å². The van der Waals surface area contributed by atoms with Gasteiger partial charge in [-0.05, 0) is 48.0 Å². The summed E-state index contributed by atoms with van der Waals surface area (Å²) < 4.78 is 76.4. The summed E-state index contributed by atoms with van der Waals surface area (Å²) in [6.45, 7) is 0.181. The second kappa shape index (κ2) is 12.9. The van der Waals surface area contributed by atoms with Crippen molar-refractivity contribution in [2.75, 3.05) is 20.8 Å². The molecule has 0 saturated carbocycles. The molecular formula is C31H23F4N5O4. The maximum atomic E-state index is 15.4. The SMILES string of the molecule is COCCn1c(Cc2cc(F)c(-c3ncc(F)c(OCc4ccc(C#N)cc4F)n3)cc2F)nc2ccc(C(=O)OC)cc21. The number of benzene rings is 3. The largest absolute Gasteiger partial charge is 0.471 e. The lowest BCUT2D eigenvalue weighted by Gasteiger charge is -2.12. The van der Waals surface area contributed by atoms with Gasteiger partial charge in [0.15, 0.2) is 5.82 Å². The molecule has 2 aromatic heterocycles. The molecule has 9 nitrogen and oxygen atoms in total. The number of methoxy groups -OCH3 is 2. The number of carbonyl (C=O) groups excluding carboxylic acids is 1. The Morgan fingerprint density at radius 1 is 0.932 bits per heavy atom. The predicted octanol–water partition coefficient (Wildman–Crippen LogP) is 5.52. The van der Waals surface area contributed by atoms with Gasteiger partial charge in [0.2, 0.25) is 5.82 Å². The van der Waals surface area contributed by atoms with E-state index in [2.05, 4.69) is 15.0 Å². The van der Waals surface area contributed by atoms with Crippen LogP contribution in [0.25, 0.3) is 22.4 Å². The van der Waals surface area contributed by atoms with Gasteiger partial charge in [0, 0.05) is 25.6 Å². The molecule has 224 valence electrons. The molecule has 3 aromatic carbocycles. The average Bonchev–Trinajstić information content (AvgIpc) is 3.37. The fourth-order valence-electron chi connectivity index (χ4n) is 4.51. The van der Waals surface area contributed by atoms with Crippen LogP contribution in [0.2, 0.25) is 0 Å². The standard InChI is InChI=1S/C31H23F4N5O4/c1-42-8-7-40-27-11-18(31(41)43-2)5-6-26(27)38-28(40)12-20-10-24(34)21(13-23(20)33)29-37-15-25(35)30(39-29)44-16-19-4-3-17(14-36)9-22(19)32/h3-6,9-11,13,15H,7-8,12,16H2,1-2H3. The lowest BCUT2D eigenvalue weighted by Crippen LogP contribution is -2.10. The number of rotatable bonds is 10. The number of hydrogen-bond acceptors (Lipinski definition) is 8. The van der Waals surface area contributed by atoms with E-state index in [-0.39, 0.29) is 34.5 Å². The number of nitriles is 1. The topological polar surface area (TPSA) is 112 Å². The fourth-order valence-corrected chi connectivity index (χ4v) is 4.51. The summed E-state index contributed by atoms with van der Waals surface area (Å²) in [5, 5.41) is 8.88. The summed E-state index contributed by atoms with van der Waals surface area (Å²) in [6, 6.07) is 12.2. The summed E-state index contributed by atoms with van der Waals surface area (Å²) >= 11 is 0. The number of ether oxygens (including phenoxy) is 3.